The fourth-order valence-electron chi connectivity index (χ4n) is 2.97. The minimum atomic E-state index is 0.271. The van der Waals surface area contributed by atoms with Gasteiger partial charge < -0.3 is 15.8 Å². The van der Waals surface area contributed by atoms with Crippen LogP contribution in [-0.4, -0.2) is 31.3 Å². The molecule has 1 saturated carbocycles. The van der Waals surface area contributed by atoms with E-state index in [0.717, 1.165) is 19.6 Å². The van der Waals surface area contributed by atoms with Crippen LogP contribution >= 0.6 is 0 Å². The number of hydrogen-bond donors (Lipinski definition) is 2. The summed E-state index contributed by atoms with van der Waals surface area (Å²) < 4.78 is 6.23. The molecule has 0 aromatic rings. The summed E-state index contributed by atoms with van der Waals surface area (Å²) in [6, 6.07) is 0. The van der Waals surface area contributed by atoms with Crippen LogP contribution in [0.5, 0.6) is 0 Å². The molecule has 0 radical (unpaired) electrons. The van der Waals surface area contributed by atoms with Gasteiger partial charge in [0.1, 0.15) is 0 Å². The van der Waals surface area contributed by atoms with Crippen molar-refractivity contribution in [3.05, 3.63) is 0 Å². The summed E-state index contributed by atoms with van der Waals surface area (Å²) in [5, 5.41) is 3.35. The Bertz CT molecular complexity index is 188. The average Bonchev–Trinajstić information content (AvgIpc) is 2.63. The van der Waals surface area contributed by atoms with Crippen molar-refractivity contribution in [1.82, 2.24) is 5.32 Å². The van der Waals surface area contributed by atoms with Gasteiger partial charge in [-0.3, -0.25) is 0 Å². The molecule has 1 saturated heterocycles. The molecule has 3 nitrogen and oxygen atoms in total. The van der Waals surface area contributed by atoms with Crippen LogP contribution in [0.4, 0.5) is 0 Å². The van der Waals surface area contributed by atoms with Gasteiger partial charge in [-0.25, -0.2) is 0 Å². The van der Waals surface area contributed by atoms with Crippen molar-refractivity contribution in [2.75, 3.05) is 19.6 Å². The molecule has 88 valence electrons. The molecule has 2 rings (SSSR count). The maximum absolute atomic E-state index is 6.23. The lowest BCUT2D eigenvalue weighted by atomic mass is 9.83. The van der Waals surface area contributed by atoms with E-state index in [1.54, 1.807) is 0 Å². The Hall–Kier alpha value is -0.120. The SMILES string of the molecule is NCCNCC1CCC2(CCCCC2)O1. The second-order valence-corrected chi connectivity index (χ2v) is 5.02. The first-order valence-corrected chi connectivity index (χ1v) is 6.43. The Labute approximate surface area is 92.7 Å². The van der Waals surface area contributed by atoms with E-state index in [1.807, 2.05) is 0 Å². The molecule has 3 heteroatoms. The molecule has 1 atom stereocenters. The molecule has 1 aliphatic heterocycles. The van der Waals surface area contributed by atoms with Crippen molar-refractivity contribution in [2.45, 2.75) is 56.7 Å². The molecule has 1 spiro atoms. The van der Waals surface area contributed by atoms with Crippen LogP contribution in [0.25, 0.3) is 0 Å². The molecule has 0 amide bonds. The van der Waals surface area contributed by atoms with Crippen molar-refractivity contribution < 1.29 is 4.74 Å². The van der Waals surface area contributed by atoms with Gasteiger partial charge in [-0.1, -0.05) is 19.3 Å². The van der Waals surface area contributed by atoms with E-state index in [9.17, 15) is 0 Å². The summed E-state index contributed by atoms with van der Waals surface area (Å²) in [5.74, 6) is 0. The predicted molar refractivity (Wildman–Crippen MR) is 61.8 cm³/mol. The largest absolute Gasteiger partial charge is 0.370 e. The van der Waals surface area contributed by atoms with Crippen LogP contribution in [0.1, 0.15) is 44.9 Å². The average molecular weight is 212 g/mol. The van der Waals surface area contributed by atoms with Crippen molar-refractivity contribution >= 4 is 0 Å². The molecule has 3 N–H and O–H groups in total. The quantitative estimate of drug-likeness (QED) is 0.693. The summed E-state index contributed by atoms with van der Waals surface area (Å²) >= 11 is 0. The van der Waals surface area contributed by atoms with Gasteiger partial charge in [-0.15, -0.1) is 0 Å². The van der Waals surface area contributed by atoms with Crippen molar-refractivity contribution in [1.29, 1.82) is 0 Å². The van der Waals surface area contributed by atoms with Crippen LogP contribution in [0, 0.1) is 0 Å². The first-order valence-electron chi connectivity index (χ1n) is 6.43. The molecular formula is C12H24N2O. The topological polar surface area (TPSA) is 47.3 Å². The van der Waals surface area contributed by atoms with Gasteiger partial charge in [0, 0.05) is 19.6 Å². The first kappa shape index (κ1) is 11.4. The normalized spacial score (nSPS) is 29.8. The zero-order chi connectivity index (χ0) is 10.6. The van der Waals surface area contributed by atoms with E-state index < -0.39 is 0 Å². The highest BCUT2D eigenvalue weighted by atomic mass is 16.5. The molecule has 0 bridgehead atoms. The molecule has 2 aliphatic rings. The van der Waals surface area contributed by atoms with Gasteiger partial charge >= 0.3 is 0 Å². The van der Waals surface area contributed by atoms with Gasteiger partial charge in [0.2, 0.25) is 0 Å². The smallest absolute Gasteiger partial charge is 0.0708 e. The highest BCUT2D eigenvalue weighted by Gasteiger charge is 2.40. The molecular weight excluding hydrogens is 188 g/mol. The summed E-state index contributed by atoms with van der Waals surface area (Å²) in [7, 11) is 0. The lowest BCUT2D eigenvalue weighted by Gasteiger charge is -2.33. The third-order valence-corrected chi connectivity index (χ3v) is 3.80. The zero-order valence-corrected chi connectivity index (χ0v) is 9.63. The van der Waals surface area contributed by atoms with Gasteiger partial charge in [0.15, 0.2) is 0 Å². The monoisotopic (exact) mass is 212 g/mol. The number of nitrogens with one attached hydrogen (secondary N) is 1. The Balaban J connectivity index is 1.73. The van der Waals surface area contributed by atoms with Crippen LogP contribution in [0.3, 0.4) is 0 Å². The number of nitrogens with two attached hydrogens (primary N) is 1. The third kappa shape index (κ3) is 2.92. The van der Waals surface area contributed by atoms with Crippen LogP contribution in [0.15, 0.2) is 0 Å². The minimum Gasteiger partial charge on any atom is -0.370 e. The molecule has 1 unspecified atom stereocenters. The van der Waals surface area contributed by atoms with E-state index in [4.69, 9.17) is 10.5 Å². The molecule has 0 aromatic carbocycles. The summed E-state index contributed by atoms with van der Waals surface area (Å²) in [6.45, 7) is 2.61. The Morgan fingerprint density at radius 1 is 1.20 bits per heavy atom. The summed E-state index contributed by atoms with van der Waals surface area (Å²) in [5.41, 5.74) is 5.72. The molecule has 0 aromatic heterocycles. The van der Waals surface area contributed by atoms with Gasteiger partial charge in [0.05, 0.1) is 11.7 Å². The predicted octanol–water partition coefficient (Wildman–Crippen LogP) is 1.42. The maximum atomic E-state index is 6.23. The van der Waals surface area contributed by atoms with Crippen molar-refractivity contribution in [3.8, 4) is 0 Å². The van der Waals surface area contributed by atoms with Crippen LogP contribution < -0.4 is 11.1 Å². The van der Waals surface area contributed by atoms with Gasteiger partial charge in [-0.2, -0.15) is 0 Å². The lowest BCUT2D eigenvalue weighted by Crippen LogP contribution is -2.35. The minimum absolute atomic E-state index is 0.271. The Morgan fingerprint density at radius 2 is 2.00 bits per heavy atom. The maximum Gasteiger partial charge on any atom is 0.0708 e. The van der Waals surface area contributed by atoms with E-state index in [0.29, 0.717) is 6.10 Å². The first-order chi connectivity index (χ1) is 7.35. The van der Waals surface area contributed by atoms with Crippen LogP contribution in [0.2, 0.25) is 0 Å². The third-order valence-electron chi connectivity index (χ3n) is 3.80. The molecule has 1 aliphatic carbocycles. The molecule has 2 fully saturated rings. The van der Waals surface area contributed by atoms with E-state index in [2.05, 4.69) is 5.32 Å². The molecule has 15 heavy (non-hydrogen) atoms. The van der Waals surface area contributed by atoms with E-state index >= 15 is 0 Å². The summed E-state index contributed by atoms with van der Waals surface area (Å²) in [6.07, 6.45) is 9.67. The molecule has 1 heterocycles. The Morgan fingerprint density at radius 3 is 2.73 bits per heavy atom. The van der Waals surface area contributed by atoms with Crippen LogP contribution in [-0.2, 0) is 4.74 Å². The van der Waals surface area contributed by atoms with Crippen molar-refractivity contribution in [3.63, 3.8) is 0 Å². The van der Waals surface area contributed by atoms with Gasteiger partial charge in [0.25, 0.3) is 0 Å². The van der Waals surface area contributed by atoms with E-state index in [-0.39, 0.29) is 5.60 Å². The highest BCUT2D eigenvalue weighted by molar-refractivity contribution is 4.91. The highest BCUT2D eigenvalue weighted by Crippen LogP contribution is 2.41. The fourth-order valence-corrected chi connectivity index (χ4v) is 2.97. The standard InChI is InChI=1S/C12H24N2O/c13-8-9-14-10-11-4-7-12(15-11)5-2-1-3-6-12/h11,14H,1-10,13H2. The fraction of sp³-hybridized carbons (Fsp3) is 1.00. The number of rotatable bonds is 4. The van der Waals surface area contributed by atoms with Crippen molar-refractivity contribution in [2.24, 2.45) is 5.73 Å². The number of ether oxygens (including phenoxy) is 1. The summed E-state index contributed by atoms with van der Waals surface area (Å²) in [4.78, 5) is 0. The lowest BCUT2D eigenvalue weighted by molar-refractivity contribution is -0.0622. The second-order valence-electron chi connectivity index (χ2n) is 5.02. The Kier molecular flexibility index (Phi) is 4.00. The van der Waals surface area contributed by atoms with Gasteiger partial charge in [-0.05, 0) is 25.7 Å². The number of hydrogen-bond acceptors (Lipinski definition) is 3. The second kappa shape index (κ2) is 5.28. The zero-order valence-electron chi connectivity index (χ0n) is 9.63. The van der Waals surface area contributed by atoms with E-state index in [1.165, 1.54) is 44.9 Å².